The first-order valence-electron chi connectivity index (χ1n) is 8.80. The lowest BCUT2D eigenvalue weighted by atomic mass is 9.93. The fourth-order valence-electron chi connectivity index (χ4n) is 3.39. The first-order chi connectivity index (χ1) is 12.0. The Bertz CT molecular complexity index is 498. The van der Waals surface area contributed by atoms with Crippen LogP contribution in [0.15, 0.2) is 0 Å². The quantitative estimate of drug-likeness (QED) is 0.434. The van der Waals surface area contributed by atoms with Crippen molar-refractivity contribution < 1.29 is 24.7 Å². The zero-order chi connectivity index (χ0) is 18.4. The third-order valence-corrected chi connectivity index (χ3v) is 5.80. The van der Waals surface area contributed by atoms with E-state index in [9.17, 15) is 19.5 Å². The number of nitrogens with one attached hydrogen (secondary N) is 1. The van der Waals surface area contributed by atoms with Crippen LogP contribution < -0.4 is 5.48 Å². The fourth-order valence-corrected chi connectivity index (χ4v) is 4.34. The Morgan fingerprint density at radius 2 is 2.08 bits per heavy atom. The predicted octanol–water partition coefficient (Wildman–Crippen LogP) is 0.183. The second-order valence-corrected chi connectivity index (χ2v) is 7.57. The number of thioether (sulfide) groups is 1. The molecule has 3 atom stereocenters. The van der Waals surface area contributed by atoms with Crippen LogP contribution in [0.2, 0.25) is 0 Å². The summed E-state index contributed by atoms with van der Waals surface area (Å²) in [7, 11) is 0. The highest BCUT2D eigenvalue weighted by atomic mass is 32.2. The number of carbonyl (C=O) groups is 3. The molecule has 0 saturated carbocycles. The molecule has 0 radical (unpaired) electrons. The van der Waals surface area contributed by atoms with Crippen molar-refractivity contribution in [2.24, 2.45) is 5.92 Å². The molecule has 0 aliphatic carbocycles. The zero-order valence-corrected chi connectivity index (χ0v) is 15.3. The van der Waals surface area contributed by atoms with Crippen molar-refractivity contribution in [3.63, 3.8) is 0 Å². The second-order valence-electron chi connectivity index (χ2n) is 6.50. The molecule has 0 aromatic carbocycles. The van der Waals surface area contributed by atoms with Gasteiger partial charge in [0, 0.05) is 18.8 Å². The van der Waals surface area contributed by atoms with E-state index in [-0.39, 0.29) is 11.8 Å². The van der Waals surface area contributed by atoms with Crippen molar-refractivity contribution in [1.82, 2.24) is 15.3 Å². The van der Waals surface area contributed by atoms with Crippen LogP contribution >= 0.6 is 11.8 Å². The Labute approximate surface area is 151 Å². The molecule has 0 aromatic heterocycles. The minimum absolute atomic E-state index is 0.0498. The van der Waals surface area contributed by atoms with Crippen LogP contribution in [0.4, 0.5) is 0 Å². The van der Waals surface area contributed by atoms with Crippen LogP contribution in [0.1, 0.15) is 39.0 Å². The first-order valence-corrected chi connectivity index (χ1v) is 9.95. The molecule has 2 saturated heterocycles. The van der Waals surface area contributed by atoms with Crippen molar-refractivity contribution >= 4 is 29.5 Å². The summed E-state index contributed by atoms with van der Waals surface area (Å²) < 4.78 is 0. The highest BCUT2D eigenvalue weighted by molar-refractivity contribution is 7.99. The standard InChI is InChI=1S/C16H27N3O5S/c1-2-3-5-11(13(20)14(21)17-24)15(22)19-7-4-6-12(19)16(23)18-8-9-25-10-18/h11-13,20,24H,2-10H2,1H3,(H,17,21)/t11-,12+,13+/m1/s1. The number of carbonyl (C=O) groups excluding carboxylic acids is 3. The lowest BCUT2D eigenvalue weighted by molar-refractivity contribution is -0.153. The van der Waals surface area contributed by atoms with Crippen LogP contribution in [-0.4, -0.2) is 74.7 Å². The molecule has 2 fully saturated rings. The molecule has 8 nitrogen and oxygen atoms in total. The summed E-state index contributed by atoms with van der Waals surface area (Å²) in [5.41, 5.74) is 1.41. The molecule has 9 heteroatoms. The van der Waals surface area contributed by atoms with Gasteiger partial charge < -0.3 is 14.9 Å². The number of hydroxylamine groups is 1. The van der Waals surface area contributed by atoms with Crippen molar-refractivity contribution in [3.05, 3.63) is 0 Å². The second kappa shape index (κ2) is 9.40. The van der Waals surface area contributed by atoms with Crippen LogP contribution in [0.25, 0.3) is 0 Å². The monoisotopic (exact) mass is 373 g/mol. The van der Waals surface area contributed by atoms with E-state index in [1.54, 1.807) is 16.7 Å². The summed E-state index contributed by atoms with van der Waals surface area (Å²) in [6.07, 6.45) is 1.52. The van der Waals surface area contributed by atoms with Gasteiger partial charge in [-0.1, -0.05) is 19.8 Å². The van der Waals surface area contributed by atoms with Gasteiger partial charge in [0.15, 0.2) is 0 Å². The van der Waals surface area contributed by atoms with E-state index in [1.807, 2.05) is 6.92 Å². The normalized spacial score (nSPS) is 22.8. The van der Waals surface area contributed by atoms with Crippen molar-refractivity contribution in [1.29, 1.82) is 0 Å². The van der Waals surface area contributed by atoms with E-state index in [4.69, 9.17) is 5.21 Å². The number of hydrogen-bond acceptors (Lipinski definition) is 6. The zero-order valence-electron chi connectivity index (χ0n) is 14.5. The average Bonchev–Trinajstić information content (AvgIpc) is 3.31. The number of aliphatic hydroxyl groups excluding tert-OH is 1. The lowest BCUT2D eigenvalue weighted by Crippen LogP contribution is -2.52. The van der Waals surface area contributed by atoms with Crippen LogP contribution in [0.3, 0.4) is 0 Å². The number of rotatable bonds is 7. The number of unbranched alkanes of at least 4 members (excludes halogenated alkanes) is 1. The summed E-state index contributed by atoms with van der Waals surface area (Å²) in [6.45, 7) is 3.09. The molecule has 2 heterocycles. The predicted molar refractivity (Wildman–Crippen MR) is 92.7 cm³/mol. The highest BCUT2D eigenvalue weighted by Gasteiger charge is 2.42. The van der Waals surface area contributed by atoms with Crippen LogP contribution in [-0.2, 0) is 14.4 Å². The minimum atomic E-state index is -1.62. The number of likely N-dealkylation sites (tertiary alicyclic amines) is 1. The Morgan fingerprint density at radius 1 is 1.32 bits per heavy atom. The molecule has 2 rings (SSSR count). The van der Waals surface area contributed by atoms with Gasteiger partial charge in [0.1, 0.15) is 12.1 Å². The van der Waals surface area contributed by atoms with E-state index in [0.717, 1.165) is 18.6 Å². The Morgan fingerprint density at radius 3 is 2.68 bits per heavy atom. The average molecular weight is 373 g/mol. The van der Waals surface area contributed by atoms with E-state index < -0.39 is 24.0 Å². The molecule has 0 bridgehead atoms. The Hall–Kier alpha value is -1.32. The maximum absolute atomic E-state index is 13.0. The molecule has 142 valence electrons. The van der Waals surface area contributed by atoms with E-state index >= 15 is 0 Å². The minimum Gasteiger partial charge on any atom is -0.382 e. The molecule has 0 spiro atoms. The van der Waals surface area contributed by atoms with Gasteiger partial charge in [0.25, 0.3) is 5.91 Å². The molecule has 0 aromatic rings. The topological polar surface area (TPSA) is 110 Å². The Balaban J connectivity index is 2.12. The van der Waals surface area contributed by atoms with Crippen molar-refractivity contribution in [2.75, 3.05) is 24.7 Å². The highest BCUT2D eigenvalue weighted by Crippen LogP contribution is 2.27. The maximum atomic E-state index is 13.0. The van der Waals surface area contributed by atoms with Gasteiger partial charge in [-0.25, -0.2) is 5.48 Å². The van der Waals surface area contributed by atoms with Gasteiger partial charge in [-0.2, -0.15) is 0 Å². The van der Waals surface area contributed by atoms with Gasteiger partial charge in [-0.05, 0) is 19.3 Å². The number of hydrogen-bond donors (Lipinski definition) is 3. The molecule has 25 heavy (non-hydrogen) atoms. The smallest absolute Gasteiger partial charge is 0.272 e. The lowest BCUT2D eigenvalue weighted by Gasteiger charge is -2.31. The summed E-state index contributed by atoms with van der Waals surface area (Å²) in [5.74, 6) is -0.827. The van der Waals surface area contributed by atoms with Gasteiger partial charge in [-0.15, -0.1) is 11.8 Å². The third kappa shape index (κ3) is 4.65. The number of aliphatic hydroxyl groups is 1. The Kier molecular flexibility index (Phi) is 7.52. The van der Waals surface area contributed by atoms with Gasteiger partial charge >= 0.3 is 0 Å². The molecule has 0 unspecified atom stereocenters. The van der Waals surface area contributed by atoms with E-state index in [0.29, 0.717) is 38.2 Å². The molecule has 2 aliphatic rings. The SMILES string of the molecule is CCCC[C@@H](C(=O)N1CCC[C@H]1C(=O)N1CCSC1)[C@H](O)C(=O)NO. The summed E-state index contributed by atoms with van der Waals surface area (Å²) in [6, 6.07) is -0.514. The van der Waals surface area contributed by atoms with Gasteiger partial charge in [-0.3, -0.25) is 19.6 Å². The molecule has 2 aliphatic heterocycles. The molecule has 3 amide bonds. The van der Waals surface area contributed by atoms with Gasteiger partial charge in [0.2, 0.25) is 11.8 Å². The first kappa shape index (κ1) is 20.0. The number of nitrogens with zero attached hydrogens (tertiary/aromatic N) is 2. The third-order valence-electron chi connectivity index (χ3n) is 4.83. The summed E-state index contributed by atoms with van der Waals surface area (Å²) >= 11 is 1.69. The van der Waals surface area contributed by atoms with Crippen LogP contribution in [0, 0.1) is 5.92 Å². The van der Waals surface area contributed by atoms with Crippen LogP contribution in [0.5, 0.6) is 0 Å². The molecule has 3 N–H and O–H groups in total. The molecular formula is C16H27N3O5S. The maximum Gasteiger partial charge on any atom is 0.272 e. The van der Waals surface area contributed by atoms with E-state index in [1.165, 1.54) is 10.4 Å². The summed E-state index contributed by atoms with van der Waals surface area (Å²) in [5, 5.41) is 18.9. The molecular weight excluding hydrogens is 346 g/mol. The summed E-state index contributed by atoms with van der Waals surface area (Å²) in [4.78, 5) is 40.5. The number of amides is 3. The van der Waals surface area contributed by atoms with Crippen molar-refractivity contribution in [3.8, 4) is 0 Å². The largest absolute Gasteiger partial charge is 0.382 e. The van der Waals surface area contributed by atoms with E-state index in [2.05, 4.69) is 0 Å². The van der Waals surface area contributed by atoms with Gasteiger partial charge in [0.05, 0.1) is 11.8 Å². The van der Waals surface area contributed by atoms with Crippen molar-refractivity contribution in [2.45, 2.75) is 51.2 Å². The fraction of sp³-hybridized carbons (Fsp3) is 0.812.